The summed E-state index contributed by atoms with van der Waals surface area (Å²) < 4.78 is 8.01. The quantitative estimate of drug-likeness (QED) is 0.413. The zero-order valence-corrected chi connectivity index (χ0v) is 19.1. The minimum absolute atomic E-state index is 0.115. The fraction of sp³-hybridized carbons (Fsp3) is 0.320. The summed E-state index contributed by atoms with van der Waals surface area (Å²) >= 11 is 0. The van der Waals surface area contributed by atoms with E-state index in [1.165, 1.54) is 0 Å². The molecule has 1 aliphatic heterocycles. The number of rotatable bonds is 4. The van der Waals surface area contributed by atoms with E-state index in [1.54, 1.807) is 11.1 Å². The summed E-state index contributed by atoms with van der Waals surface area (Å²) in [6.45, 7) is 2.80. The van der Waals surface area contributed by atoms with Gasteiger partial charge in [-0.1, -0.05) is 6.07 Å². The highest BCUT2D eigenvalue weighted by Crippen LogP contribution is 2.40. The molecule has 10 nitrogen and oxygen atoms in total. The van der Waals surface area contributed by atoms with Gasteiger partial charge in [-0.2, -0.15) is 5.10 Å². The van der Waals surface area contributed by atoms with Gasteiger partial charge in [0.15, 0.2) is 16.7 Å². The van der Waals surface area contributed by atoms with Gasteiger partial charge in [-0.3, -0.25) is 14.7 Å². The molecule has 2 fully saturated rings. The molecule has 0 unspecified atom stereocenters. The van der Waals surface area contributed by atoms with Gasteiger partial charge < -0.3 is 19.6 Å². The van der Waals surface area contributed by atoms with E-state index in [9.17, 15) is 9.59 Å². The Bertz CT molecular complexity index is 1730. The number of fused-ring (bicyclic) bond motifs is 4. The Balaban J connectivity index is 1.43. The number of hydrogen-bond acceptors (Lipinski definition) is 7. The van der Waals surface area contributed by atoms with E-state index in [2.05, 4.69) is 20.2 Å². The third kappa shape index (κ3) is 3.02. The van der Waals surface area contributed by atoms with Gasteiger partial charge in [0.2, 0.25) is 11.8 Å². The molecule has 1 saturated heterocycles. The van der Waals surface area contributed by atoms with Crippen LogP contribution in [0.25, 0.3) is 44.2 Å². The Morgan fingerprint density at radius 2 is 2.06 bits per heavy atom. The largest absolute Gasteiger partial charge is 0.438 e. The second kappa shape index (κ2) is 7.22. The predicted molar refractivity (Wildman–Crippen MR) is 130 cm³/mol. The van der Waals surface area contributed by atoms with Crippen LogP contribution in [0, 0.1) is 6.92 Å². The average Bonchev–Trinajstić information content (AvgIpc) is 3.28. The Morgan fingerprint density at radius 1 is 1.20 bits per heavy atom. The summed E-state index contributed by atoms with van der Waals surface area (Å²) in [6.07, 6.45) is 6.09. The summed E-state index contributed by atoms with van der Waals surface area (Å²) in [4.78, 5) is 36.6. The predicted octanol–water partition coefficient (Wildman–Crippen LogP) is 2.78. The normalized spacial score (nSPS) is 18.5. The SMILES string of the molecule is Cc1c(-c2cnc3[nH]ncc3c2)ccc2c3oc(CN4CC[C@H](N)C4=O)nc3c(=O)n(C3CC3)c12. The standard InChI is InChI=1S/C25H23N7O3/c1-12-16(13-8-14-10-28-30-23(14)27-9-13)4-5-17-21(12)32(15-2-3-15)25(34)20-22(17)35-19(29-20)11-31-7-6-18(26)24(31)33/h4-5,8-10,15,18H,2-3,6-7,11,26H2,1H3,(H,27,28,30)/t18-/m0/s1. The van der Waals surface area contributed by atoms with Crippen LogP contribution in [-0.2, 0) is 11.3 Å². The molecule has 2 aliphatic rings. The van der Waals surface area contributed by atoms with Crippen molar-refractivity contribution in [3.05, 3.63) is 52.4 Å². The van der Waals surface area contributed by atoms with Crippen molar-refractivity contribution in [3.63, 3.8) is 0 Å². The number of likely N-dealkylation sites (tertiary alicyclic amines) is 1. The molecule has 5 aromatic rings. The Kier molecular flexibility index (Phi) is 4.20. The number of nitrogens with one attached hydrogen (secondary N) is 1. The van der Waals surface area contributed by atoms with Crippen molar-refractivity contribution in [2.45, 2.75) is 44.8 Å². The lowest BCUT2D eigenvalue weighted by Gasteiger charge is -2.15. The maximum Gasteiger partial charge on any atom is 0.281 e. The number of H-pyrrole nitrogens is 1. The molecule has 4 aromatic heterocycles. The molecule has 7 rings (SSSR count). The lowest BCUT2D eigenvalue weighted by atomic mass is 9.97. The molecule has 1 aliphatic carbocycles. The molecule has 1 saturated carbocycles. The van der Waals surface area contributed by atoms with Gasteiger partial charge >= 0.3 is 0 Å². The van der Waals surface area contributed by atoms with Gasteiger partial charge in [0.25, 0.3) is 5.56 Å². The zero-order valence-electron chi connectivity index (χ0n) is 19.1. The highest BCUT2D eigenvalue weighted by molar-refractivity contribution is 6.04. The maximum absolute atomic E-state index is 13.6. The van der Waals surface area contributed by atoms with Crippen LogP contribution in [0.3, 0.4) is 0 Å². The van der Waals surface area contributed by atoms with Gasteiger partial charge in [0.05, 0.1) is 24.3 Å². The second-order valence-corrected chi connectivity index (χ2v) is 9.51. The number of hydrogen-bond donors (Lipinski definition) is 2. The topological polar surface area (TPSA) is 136 Å². The second-order valence-electron chi connectivity index (χ2n) is 9.51. The lowest BCUT2D eigenvalue weighted by Crippen LogP contribution is -2.33. The van der Waals surface area contributed by atoms with E-state index >= 15 is 0 Å². The van der Waals surface area contributed by atoms with Gasteiger partial charge in [0, 0.05) is 35.1 Å². The maximum atomic E-state index is 13.6. The molecule has 5 heterocycles. The minimum atomic E-state index is -0.482. The van der Waals surface area contributed by atoms with Crippen LogP contribution in [0.2, 0.25) is 0 Å². The molecule has 35 heavy (non-hydrogen) atoms. The third-order valence-corrected chi connectivity index (χ3v) is 7.19. The fourth-order valence-corrected chi connectivity index (χ4v) is 5.23. The fourth-order valence-electron chi connectivity index (χ4n) is 5.23. The van der Waals surface area contributed by atoms with Crippen LogP contribution in [-0.4, -0.2) is 48.1 Å². The van der Waals surface area contributed by atoms with Crippen LogP contribution in [0.5, 0.6) is 0 Å². The average molecular weight is 470 g/mol. The van der Waals surface area contributed by atoms with E-state index in [4.69, 9.17) is 10.2 Å². The van der Waals surface area contributed by atoms with Gasteiger partial charge in [-0.25, -0.2) is 9.97 Å². The minimum Gasteiger partial charge on any atom is -0.438 e. The first-order valence-electron chi connectivity index (χ1n) is 11.8. The highest BCUT2D eigenvalue weighted by atomic mass is 16.3. The van der Waals surface area contributed by atoms with E-state index in [0.717, 1.165) is 51.5 Å². The first kappa shape index (κ1) is 20.3. The van der Waals surface area contributed by atoms with Crippen LogP contribution in [0.15, 0.2) is 39.8 Å². The summed E-state index contributed by atoms with van der Waals surface area (Å²) in [6, 6.07) is 5.74. The molecule has 0 spiro atoms. The molecule has 176 valence electrons. The number of amides is 1. The van der Waals surface area contributed by atoms with E-state index in [0.29, 0.717) is 30.0 Å². The molecule has 1 aromatic carbocycles. The number of aromatic amines is 1. The van der Waals surface area contributed by atoms with Crippen LogP contribution < -0.4 is 11.3 Å². The number of carbonyl (C=O) groups is 1. The molecular formula is C25H23N7O3. The van der Waals surface area contributed by atoms with Gasteiger partial charge in [-0.15, -0.1) is 0 Å². The van der Waals surface area contributed by atoms with Crippen molar-refractivity contribution in [1.29, 1.82) is 0 Å². The Hall–Kier alpha value is -4.05. The van der Waals surface area contributed by atoms with E-state index in [1.807, 2.05) is 35.9 Å². The van der Waals surface area contributed by atoms with Crippen molar-refractivity contribution < 1.29 is 9.21 Å². The van der Waals surface area contributed by atoms with Crippen molar-refractivity contribution in [3.8, 4) is 11.1 Å². The highest BCUT2D eigenvalue weighted by Gasteiger charge is 2.32. The molecule has 10 heteroatoms. The zero-order chi connectivity index (χ0) is 23.8. The summed E-state index contributed by atoms with van der Waals surface area (Å²) in [7, 11) is 0. The van der Waals surface area contributed by atoms with E-state index < -0.39 is 6.04 Å². The summed E-state index contributed by atoms with van der Waals surface area (Å²) in [5.41, 5.74) is 11.0. The smallest absolute Gasteiger partial charge is 0.281 e. The molecular weight excluding hydrogens is 446 g/mol. The molecule has 0 radical (unpaired) electrons. The number of aryl methyl sites for hydroxylation is 1. The Morgan fingerprint density at radius 3 is 2.83 bits per heavy atom. The number of oxazole rings is 1. The molecule has 0 bridgehead atoms. The van der Waals surface area contributed by atoms with Crippen molar-refractivity contribution in [2.24, 2.45) is 5.73 Å². The number of pyridine rings is 2. The number of nitrogens with zero attached hydrogens (tertiary/aromatic N) is 5. The first-order valence-corrected chi connectivity index (χ1v) is 11.8. The van der Waals surface area contributed by atoms with Crippen LogP contribution in [0.1, 0.15) is 36.8 Å². The summed E-state index contributed by atoms with van der Waals surface area (Å²) in [5, 5.41) is 8.71. The van der Waals surface area contributed by atoms with Gasteiger partial charge in [0.1, 0.15) is 0 Å². The molecule has 1 atom stereocenters. The Labute approximate surface area is 198 Å². The first-order chi connectivity index (χ1) is 17.0. The van der Waals surface area contributed by atoms with Crippen molar-refractivity contribution >= 4 is 38.9 Å². The van der Waals surface area contributed by atoms with E-state index in [-0.39, 0.29) is 24.1 Å². The lowest BCUT2D eigenvalue weighted by molar-refractivity contribution is -0.129. The molecule has 1 amide bonds. The van der Waals surface area contributed by atoms with Crippen molar-refractivity contribution in [2.75, 3.05) is 6.54 Å². The van der Waals surface area contributed by atoms with Crippen LogP contribution >= 0.6 is 0 Å². The van der Waals surface area contributed by atoms with Crippen LogP contribution in [0.4, 0.5) is 0 Å². The summed E-state index contributed by atoms with van der Waals surface area (Å²) in [5.74, 6) is 0.238. The number of carbonyl (C=O) groups excluding carboxylic acids is 1. The monoisotopic (exact) mass is 469 g/mol. The number of benzene rings is 1. The van der Waals surface area contributed by atoms with Crippen molar-refractivity contribution in [1.82, 2.24) is 29.6 Å². The number of aromatic nitrogens is 5. The molecule has 3 N–H and O–H groups in total. The van der Waals surface area contributed by atoms with Gasteiger partial charge in [-0.05, 0) is 49.4 Å². The third-order valence-electron chi connectivity index (χ3n) is 7.19. The number of nitrogens with two attached hydrogens (primary N) is 1.